The first-order valence-electron chi connectivity index (χ1n) is 7.45. The zero-order chi connectivity index (χ0) is 18.3. The highest BCUT2D eigenvalue weighted by Crippen LogP contribution is 2.37. The molecule has 0 atom stereocenters. The molecule has 4 aromatic rings. The number of benzene rings is 2. The molecular weight excluding hydrogens is 413 g/mol. The summed E-state index contributed by atoms with van der Waals surface area (Å²) in [5.74, 6) is 0.293. The fraction of sp³-hybridized carbons (Fsp3) is 0.0588. The molecule has 0 saturated heterocycles. The summed E-state index contributed by atoms with van der Waals surface area (Å²) in [6.07, 6.45) is 0. The van der Waals surface area contributed by atoms with Gasteiger partial charge in [0, 0.05) is 10.1 Å². The highest BCUT2D eigenvalue weighted by Gasteiger charge is 2.18. The van der Waals surface area contributed by atoms with Gasteiger partial charge in [-0.2, -0.15) is 0 Å². The lowest BCUT2D eigenvalue weighted by atomic mass is 10.2. The van der Waals surface area contributed by atoms with Gasteiger partial charge in [0.05, 0.1) is 21.9 Å². The molecule has 5 nitrogen and oxygen atoms in total. The highest BCUT2D eigenvalue weighted by atomic mass is 35.5. The monoisotopic (exact) mass is 423 g/mol. The molecule has 0 saturated carbocycles. The van der Waals surface area contributed by atoms with E-state index in [9.17, 15) is 4.79 Å². The van der Waals surface area contributed by atoms with Crippen LogP contribution >= 0.6 is 45.9 Å². The van der Waals surface area contributed by atoms with E-state index in [1.165, 1.54) is 22.7 Å². The lowest BCUT2D eigenvalue weighted by Gasteiger charge is -2.03. The number of amides is 1. The maximum absolute atomic E-state index is 12.5. The minimum Gasteiger partial charge on any atom is -0.494 e. The van der Waals surface area contributed by atoms with Gasteiger partial charge >= 0.3 is 0 Å². The number of rotatable bonds is 4. The Kier molecular flexibility index (Phi) is 4.62. The third kappa shape index (κ3) is 2.97. The summed E-state index contributed by atoms with van der Waals surface area (Å²) < 4.78 is 7.03. The Morgan fingerprint density at radius 3 is 2.73 bits per heavy atom. The minimum atomic E-state index is -0.325. The second-order valence-electron chi connectivity index (χ2n) is 5.27. The first-order chi connectivity index (χ1) is 12.6. The number of fused-ring (bicyclic) bond motifs is 2. The number of hydrogen-bond donors (Lipinski definition) is 2. The molecule has 132 valence electrons. The van der Waals surface area contributed by atoms with Crippen LogP contribution in [0.25, 0.3) is 20.3 Å². The van der Waals surface area contributed by atoms with E-state index < -0.39 is 0 Å². The van der Waals surface area contributed by atoms with Gasteiger partial charge in [-0.3, -0.25) is 15.6 Å². The maximum Gasteiger partial charge on any atom is 0.281 e. The van der Waals surface area contributed by atoms with Gasteiger partial charge in [0.1, 0.15) is 16.1 Å². The number of nitrogens with one attached hydrogen (secondary N) is 2. The van der Waals surface area contributed by atoms with Crippen LogP contribution < -0.4 is 15.6 Å². The van der Waals surface area contributed by atoms with Crippen LogP contribution in [0.2, 0.25) is 10.0 Å². The summed E-state index contributed by atoms with van der Waals surface area (Å²) in [6, 6.07) is 11.1. The Balaban J connectivity index is 1.58. The summed E-state index contributed by atoms with van der Waals surface area (Å²) in [5, 5.41) is 2.38. The number of carbonyl (C=O) groups is 1. The van der Waals surface area contributed by atoms with Crippen molar-refractivity contribution in [1.82, 2.24) is 10.4 Å². The number of thiophene rings is 1. The Morgan fingerprint density at radius 1 is 1.15 bits per heavy atom. The number of nitrogens with zero attached hydrogens (tertiary/aromatic N) is 1. The second-order valence-corrected chi connectivity index (χ2v) is 8.10. The molecule has 4 rings (SSSR count). The fourth-order valence-corrected chi connectivity index (χ4v) is 5.02. The van der Waals surface area contributed by atoms with Gasteiger partial charge in [-0.1, -0.05) is 52.7 Å². The number of carbonyl (C=O) groups excluding carboxylic acids is 1. The van der Waals surface area contributed by atoms with Crippen LogP contribution in [0.3, 0.4) is 0 Å². The van der Waals surface area contributed by atoms with Crippen molar-refractivity contribution >= 4 is 77.2 Å². The summed E-state index contributed by atoms with van der Waals surface area (Å²) >= 11 is 15.2. The number of anilines is 1. The number of thiazole rings is 1. The van der Waals surface area contributed by atoms with Crippen molar-refractivity contribution in [2.45, 2.75) is 0 Å². The van der Waals surface area contributed by atoms with Gasteiger partial charge in [0.25, 0.3) is 5.91 Å². The SMILES string of the molecule is COc1ccc(Cl)c2sc(NNC(=O)c3sc4ccccc4c3Cl)nc12. The summed E-state index contributed by atoms with van der Waals surface area (Å²) in [4.78, 5) is 17.4. The van der Waals surface area contributed by atoms with Crippen LogP contribution in [0, 0.1) is 0 Å². The molecule has 0 aliphatic carbocycles. The van der Waals surface area contributed by atoms with Gasteiger partial charge in [-0.15, -0.1) is 11.3 Å². The first kappa shape index (κ1) is 17.4. The lowest BCUT2D eigenvalue weighted by molar-refractivity contribution is 0.0967. The molecule has 0 fully saturated rings. The largest absolute Gasteiger partial charge is 0.494 e. The molecule has 0 radical (unpaired) electrons. The topological polar surface area (TPSA) is 63.2 Å². The molecule has 9 heteroatoms. The zero-order valence-electron chi connectivity index (χ0n) is 13.3. The second kappa shape index (κ2) is 6.92. The summed E-state index contributed by atoms with van der Waals surface area (Å²) in [6.45, 7) is 0. The fourth-order valence-electron chi connectivity index (χ4n) is 2.50. The molecular formula is C17H11Cl2N3O2S2. The van der Waals surface area contributed by atoms with E-state index in [1.807, 2.05) is 24.3 Å². The highest BCUT2D eigenvalue weighted by molar-refractivity contribution is 7.23. The summed E-state index contributed by atoms with van der Waals surface area (Å²) in [5.41, 5.74) is 6.10. The number of ether oxygens (including phenoxy) is 1. The van der Waals surface area contributed by atoms with Crippen molar-refractivity contribution in [1.29, 1.82) is 0 Å². The van der Waals surface area contributed by atoms with E-state index in [4.69, 9.17) is 27.9 Å². The average molecular weight is 424 g/mol. The molecule has 2 N–H and O–H groups in total. The van der Waals surface area contributed by atoms with E-state index >= 15 is 0 Å². The van der Waals surface area contributed by atoms with Crippen LogP contribution in [0.1, 0.15) is 9.67 Å². The molecule has 26 heavy (non-hydrogen) atoms. The third-order valence-electron chi connectivity index (χ3n) is 3.70. The van der Waals surface area contributed by atoms with Crippen molar-refractivity contribution in [3.05, 3.63) is 51.3 Å². The van der Waals surface area contributed by atoms with Crippen LogP contribution in [0.5, 0.6) is 5.75 Å². The van der Waals surface area contributed by atoms with E-state index in [0.29, 0.717) is 31.3 Å². The van der Waals surface area contributed by atoms with Crippen molar-refractivity contribution < 1.29 is 9.53 Å². The van der Waals surface area contributed by atoms with Crippen LogP contribution in [-0.2, 0) is 0 Å². The minimum absolute atomic E-state index is 0.325. The maximum atomic E-state index is 12.5. The molecule has 0 bridgehead atoms. The molecule has 0 aliphatic rings. The first-order valence-corrected chi connectivity index (χ1v) is 9.84. The number of methoxy groups -OCH3 is 1. The smallest absolute Gasteiger partial charge is 0.281 e. The Morgan fingerprint density at radius 2 is 1.96 bits per heavy atom. The van der Waals surface area contributed by atoms with Crippen molar-refractivity contribution in [3.63, 3.8) is 0 Å². The molecule has 0 aliphatic heterocycles. The standard InChI is InChI=1S/C17H11Cl2N3O2S2/c1-24-10-7-6-9(18)14-13(10)20-17(26-14)22-21-16(23)15-12(19)8-4-2-3-5-11(8)25-15/h2-7H,1H3,(H,20,22)(H,21,23). The molecule has 2 aromatic carbocycles. The average Bonchev–Trinajstić information content (AvgIpc) is 3.23. The van der Waals surface area contributed by atoms with Gasteiger partial charge < -0.3 is 4.74 Å². The number of hydrogen-bond acceptors (Lipinski definition) is 6. The van der Waals surface area contributed by atoms with Crippen LogP contribution in [-0.4, -0.2) is 18.0 Å². The van der Waals surface area contributed by atoms with Crippen LogP contribution in [0.15, 0.2) is 36.4 Å². The third-order valence-corrected chi connectivity index (χ3v) is 6.81. The predicted molar refractivity (Wildman–Crippen MR) is 109 cm³/mol. The van der Waals surface area contributed by atoms with Gasteiger partial charge in [0.15, 0.2) is 0 Å². The van der Waals surface area contributed by atoms with Crippen molar-refractivity contribution in [2.24, 2.45) is 0 Å². The summed E-state index contributed by atoms with van der Waals surface area (Å²) in [7, 11) is 1.57. The molecule has 1 amide bonds. The Bertz CT molecular complexity index is 1140. The van der Waals surface area contributed by atoms with E-state index in [1.54, 1.807) is 19.2 Å². The quantitative estimate of drug-likeness (QED) is 0.420. The normalized spacial score (nSPS) is 11.0. The molecule has 2 heterocycles. The molecule has 0 spiro atoms. The van der Waals surface area contributed by atoms with Crippen molar-refractivity contribution in [2.75, 3.05) is 12.5 Å². The van der Waals surface area contributed by atoms with Crippen molar-refractivity contribution in [3.8, 4) is 5.75 Å². The van der Waals surface area contributed by atoms with E-state index in [0.717, 1.165) is 14.8 Å². The van der Waals surface area contributed by atoms with Gasteiger partial charge in [-0.25, -0.2) is 4.98 Å². The molecule has 2 aromatic heterocycles. The Labute approximate surface area is 166 Å². The predicted octanol–water partition coefficient (Wildman–Crippen LogP) is 5.58. The van der Waals surface area contributed by atoms with Gasteiger partial charge in [-0.05, 0) is 18.2 Å². The molecule has 0 unspecified atom stereocenters. The van der Waals surface area contributed by atoms with Crippen LogP contribution in [0.4, 0.5) is 5.13 Å². The number of halogens is 2. The number of aromatic nitrogens is 1. The van der Waals surface area contributed by atoms with E-state index in [-0.39, 0.29) is 5.91 Å². The zero-order valence-corrected chi connectivity index (χ0v) is 16.4. The van der Waals surface area contributed by atoms with E-state index in [2.05, 4.69) is 15.8 Å². The number of hydrazine groups is 1. The van der Waals surface area contributed by atoms with Gasteiger partial charge in [0.2, 0.25) is 5.13 Å². The Hall–Kier alpha value is -2.06. The lowest BCUT2D eigenvalue weighted by Crippen LogP contribution is -2.28.